The molecule has 0 unspecified atom stereocenters. The minimum Gasteiger partial charge on any atom is -0.436 e. The third-order valence-corrected chi connectivity index (χ3v) is 3.28. The van der Waals surface area contributed by atoms with Crippen LogP contribution in [-0.2, 0) is 0 Å². The van der Waals surface area contributed by atoms with Crippen molar-refractivity contribution >= 4 is 21.9 Å². The van der Waals surface area contributed by atoms with Gasteiger partial charge in [-0.3, -0.25) is 0 Å². The Morgan fingerprint density at radius 1 is 0.737 bits per heavy atom. The van der Waals surface area contributed by atoms with Crippen molar-refractivity contribution in [1.29, 1.82) is 0 Å². The molecule has 4 aromatic rings. The van der Waals surface area contributed by atoms with Gasteiger partial charge < -0.3 is 4.42 Å². The summed E-state index contributed by atoms with van der Waals surface area (Å²) in [6.45, 7) is 0. The number of hydrogen-bond donors (Lipinski definition) is 0. The van der Waals surface area contributed by atoms with E-state index in [0.29, 0.717) is 5.89 Å². The van der Waals surface area contributed by atoms with Crippen molar-refractivity contribution in [3.8, 4) is 11.5 Å². The fourth-order valence-electron chi connectivity index (χ4n) is 2.32. The van der Waals surface area contributed by atoms with E-state index in [0.717, 1.165) is 16.7 Å². The van der Waals surface area contributed by atoms with E-state index in [1.807, 2.05) is 48.5 Å². The van der Waals surface area contributed by atoms with Gasteiger partial charge in [0.25, 0.3) is 0 Å². The zero-order valence-electron chi connectivity index (χ0n) is 10.2. The van der Waals surface area contributed by atoms with E-state index in [2.05, 4.69) is 23.2 Å². The number of hydrogen-bond acceptors (Lipinski definition) is 2. The predicted molar refractivity (Wildman–Crippen MR) is 77.0 cm³/mol. The SMILES string of the molecule is c1ccc(-c2nc3cc4ccccc4cc3o2)cc1. The first-order chi connectivity index (χ1) is 9.40. The molecule has 0 N–H and O–H groups in total. The monoisotopic (exact) mass is 245 g/mol. The first-order valence-electron chi connectivity index (χ1n) is 6.25. The average Bonchev–Trinajstić information content (AvgIpc) is 2.88. The van der Waals surface area contributed by atoms with Gasteiger partial charge in [0.05, 0.1) is 0 Å². The van der Waals surface area contributed by atoms with Crippen LogP contribution in [0, 0.1) is 0 Å². The van der Waals surface area contributed by atoms with Crippen LogP contribution in [0.4, 0.5) is 0 Å². The lowest BCUT2D eigenvalue weighted by Crippen LogP contribution is -1.75. The molecule has 0 saturated heterocycles. The molecule has 2 nitrogen and oxygen atoms in total. The highest BCUT2D eigenvalue weighted by atomic mass is 16.3. The maximum atomic E-state index is 5.85. The van der Waals surface area contributed by atoms with Gasteiger partial charge in [-0.25, -0.2) is 4.98 Å². The Bertz CT molecular complexity index is 810. The first kappa shape index (κ1) is 10.3. The molecule has 0 bridgehead atoms. The highest BCUT2D eigenvalue weighted by molar-refractivity contribution is 5.94. The lowest BCUT2D eigenvalue weighted by Gasteiger charge is -1.94. The Balaban J connectivity index is 1.98. The summed E-state index contributed by atoms with van der Waals surface area (Å²) in [5, 5.41) is 2.36. The van der Waals surface area contributed by atoms with Crippen molar-refractivity contribution in [1.82, 2.24) is 4.98 Å². The van der Waals surface area contributed by atoms with Gasteiger partial charge in [-0.15, -0.1) is 0 Å². The second kappa shape index (κ2) is 3.95. The fraction of sp³-hybridized carbons (Fsp3) is 0. The molecule has 0 spiro atoms. The van der Waals surface area contributed by atoms with Crippen LogP contribution in [0.3, 0.4) is 0 Å². The molecule has 0 aliphatic rings. The van der Waals surface area contributed by atoms with Crippen LogP contribution >= 0.6 is 0 Å². The van der Waals surface area contributed by atoms with Gasteiger partial charge in [-0.1, -0.05) is 42.5 Å². The first-order valence-corrected chi connectivity index (χ1v) is 6.25. The molecule has 3 aromatic carbocycles. The molecule has 90 valence electrons. The molecule has 19 heavy (non-hydrogen) atoms. The number of aromatic nitrogens is 1. The zero-order chi connectivity index (χ0) is 12.7. The summed E-state index contributed by atoms with van der Waals surface area (Å²) in [6.07, 6.45) is 0. The smallest absolute Gasteiger partial charge is 0.227 e. The Labute approximate surface area is 110 Å². The van der Waals surface area contributed by atoms with Gasteiger partial charge in [0, 0.05) is 5.56 Å². The molecule has 1 heterocycles. The average molecular weight is 245 g/mol. The van der Waals surface area contributed by atoms with Crippen molar-refractivity contribution in [2.75, 3.05) is 0 Å². The van der Waals surface area contributed by atoms with Gasteiger partial charge in [0.2, 0.25) is 5.89 Å². The molecule has 0 saturated carbocycles. The molecule has 1 aromatic heterocycles. The lowest BCUT2D eigenvalue weighted by molar-refractivity contribution is 0.620. The Morgan fingerprint density at radius 2 is 1.42 bits per heavy atom. The van der Waals surface area contributed by atoms with Gasteiger partial charge in [0.1, 0.15) is 5.52 Å². The maximum absolute atomic E-state index is 5.85. The Hall–Kier alpha value is -2.61. The van der Waals surface area contributed by atoms with Gasteiger partial charge >= 0.3 is 0 Å². The highest BCUT2D eigenvalue weighted by Crippen LogP contribution is 2.27. The van der Waals surface area contributed by atoms with Crippen LogP contribution in [0.1, 0.15) is 0 Å². The fourth-order valence-corrected chi connectivity index (χ4v) is 2.32. The van der Waals surface area contributed by atoms with Gasteiger partial charge in [-0.05, 0) is 35.0 Å². The minimum atomic E-state index is 0.672. The summed E-state index contributed by atoms with van der Waals surface area (Å²) in [7, 11) is 0. The van der Waals surface area contributed by atoms with E-state index < -0.39 is 0 Å². The molecule has 0 fully saturated rings. The molecule has 0 amide bonds. The van der Waals surface area contributed by atoms with Crippen LogP contribution in [0.15, 0.2) is 71.1 Å². The van der Waals surface area contributed by atoms with E-state index in [9.17, 15) is 0 Å². The van der Waals surface area contributed by atoms with Crippen LogP contribution in [0.2, 0.25) is 0 Å². The molecule has 0 aliphatic carbocycles. The molecular weight excluding hydrogens is 234 g/mol. The zero-order valence-corrected chi connectivity index (χ0v) is 10.2. The summed E-state index contributed by atoms with van der Waals surface area (Å²) in [5.41, 5.74) is 2.73. The van der Waals surface area contributed by atoms with Gasteiger partial charge in [0.15, 0.2) is 5.58 Å². The topological polar surface area (TPSA) is 26.0 Å². The van der Waals surface area contributed by atoms with Crippen molar-refractivity contribution in [2.24, 2.45) is 0 Å². The van der Waals surface area contributed by atoms with Crippen LogP contribution in [0.5, 0.6) is 0 Å². The maximum Gasteiger partial charge on any atom is 0.227 e. The van der Waals surface area contributed by atoms with E-state index in [1.54, 1.807) is 0 Å². The largest absolute Gasteiger partial charge is 0.436 e. The van der Waals surface area contributed by atoms with Crippen molar-refractivity contribution < 1.29 is 4.42 Å². The summed E-state index contributed by atoms with van der Waals surface area (Å²) in [5.74, 6) is 0.672. The molecular formula is C17H11NO. The predicted octanol–water partition coefficient (Wildman–Crippen LogP) is 4.65. The van der Waals surface area contributed by atoms with Crippen LogP contribution < -0.4 is 0 Å². The number of rotatable bonds is 1. The lowest BCUT2D eigenvalue weighted by atomic mass is 10.1. The summed E-state index contributed by atoms with van der Waals surface area (Å²) in [6, 6.07) is 22.3. The van der Waals surface area contributed by atoms with Crippen molar-refractivity contribution in [2.45, 2.75) is 0 Å². The molecule has 0 radical (unpaired) electrons. The minimum absolute atomic E-state index is 0.672. The van der Waals surface area contributed by atoms with E-state index in [-0.39, 0.29) is 0 Å². The normalized spacial score (nSPS) is 11.2. The number of oxazole rings is 1. The molecule has 0 aliphatic heterocycles. The van der Waals surface area contributed by atoms with E-state index >= 15 is 0 Å². The Kier molecular flexibility index (Phi) is 2.15. The van der Waals surface area contributed by atoms with E-state index in [4.69, 9.17) is 4.42 Å². The summed E-state index contributed by atoms with van der Waals surface area (Å²) in [4.78, 5) is 4.57. The quantitative estimate of drug-likeness (QED) is 0.488. The third kappa shape index (κ3) is 1.69. The summed E-state index contributed by atoms with van der Waals surface area (Å²) < 4.78 is 5.85. The van der Waals surface area contributed by atoms with Gasteiger partial charge in [-0.2, -0.15) is 0 Å². The third-order valence-electron chi connectivity index (χ3n) is 3.28. The van der Waals surface area contributed by atoms with Crippen molar-refractivity contribution in [3.63, 3.8) is 0 Å². The summed E-state index contributed by atoms with van der Waals surface area (Å²) >= 11 is 0. The van der Waals surface area contributed by atoms with Crippen LogP contribution in [0.25, 0.3) is 33.3 Å². The molecule has 2 heteroatoms. The van der Waals surface area contributed by atoms with E-state index in [1.165, 1.54) is 10.8 Å². The second-order valence-corrected chi connectivity index (χ2v) is 4.55. The number of benzene rings is 3. The Morgan fingerprint density at radius 3 is 2.21 bits per heavy atom. The standard InChI is InChI=1S/C17H11NO/c1-2-6-12(7-3-1)17-18-15-10-13-8-4-5-9-14(13)11-16(15)19-17/h1-11H. The number of nitrogens with zero attached hydrogens (tertiary/aromatic N) is 1. The molecule has 0 atom stereocenters. The number of fused-ring (bicyclic) bond motifs is 2. The highest BCUT2D eigenvalue weighted by Gasteiger charge is 2.08. The van der Waals surface area contributed by atoms with Crippen LogP contribution in [-0.4, -0.2) is 4.98 Å². The molecule has 4 rings (SSSR count). The second-order valence-electron chi connectivity index (χ2n) is 4.55. The van der Waals surface area contributed by atoms with Crippen molar-refractivity contribution in [3.05, 3.63) is 66.7 Å².